The van der Waals surface area contributed by atoms with Crippen molar-refractivity contribution in [3.63, 3.8) is 0 Å². The van der Waals surface area contributed by atoms with E-state index >= 15 is 0 Å². The summed E-state index contributed by atoms with van der Waals surface area (Å²) < 4.78 is 5.27. The Morgan fingerprint density at radius 1 is 1.28 bits per heavy atom. The van der Waals surface area contributed by atoms with Crippen LogP contribution in [0.1, 0.15) is 37.4 Å². The van der Waals surface area contributed by atoms with Crippen LogP contribution in [0.25, 0.3) is 0 Å². The standard InChI is InChI=1S/C12H19N5O/c1-18-9-4-8(5-9)14-10-6-11(17-13)16-12(15-10)7-2-3-7/h6-9H,2-5,13H2,1H3,(H2,14,15,16,17). The maximum Gasteiger partial charge on any atom is 0.145 e. The van der Waals surface area contributed by atoms with Crippen LogP contribution in [0.3, 0.4) is 0 Å². The molecule has 6 nitrogen and oxygen atoms in total. The minimum atomic E-state index is 0.388. The van der Waals surface area contributed by atoms with Gasteiger partial charge < -0.3 is 15.5 Å². The Morgan fingerprint density at radius 3 is 2.61 bits per heavy atom. The first-order chi connectivity index (χ1) is 8.78. The molecule has 3 rings (SSSR count). The summed E-state index contributed by atoms with van der Waals surface area (Å²) in [5, 5.41) is 3.41. The summed E-state index contributed by atoms with van der Waals surface area (Å²) in [6.07, 6.45) is 4.82. The van der Waals surface area contributed by atoms with Gasteiger partial charge in [0.05, 0.1) is 6.10 Å². The molecule has 0 bridgehead atoms. The Hall–Kier alpha value is -1.40. The van der Waals surface area contributed by atoms with Gasteiger partial charge in [-0.05, 0) is 25.7 Å². The Bertz CT molecular complexity index is 428. The smallest absolute Gasteiger partial charge is 0.145 e. The molecular weight excluding hydrogens is 230 g/mol. The molecule has 0 saturated heterocycles. The van der Waals surface area contributed by atoms with E-state index in [9.17, 15) is 0 Å². The highest BCUT2D eigenvalue weighted by molar-refractivity contribution is 5.48. The van der Waals surface area contributed by atoms with Gasteiger partial charge in [0.1, 0.15) is 17.5 Å². The molecule has 1 aromatic heterocycles. The highest BCUT2D eigenvalue weighted by Crippen LogP contribution is 2.39. The van der Waals surface area contributed by atoms with Crippen LogP contribution in [-0.2, 0) is 4.74 Å². The molecule has 2 fully saturated rings. The van der Waals surface area contributed by atoms with Crippen molar-refractivity contribution in [3.05, 3.63) is 11.9 Å². The number of rotatable bonds is 5. The Balaban J connectivity index is 1.69. The maximum atomic E-state index is 5.44. The minimum absolute atomic E-state index is 0.388. The lowest BCUT2D eigenvalue weighted by molar-refractivity contribution is 0.0328. The quantitative estimate of drug-likeness (QED) is 0.537. The lowest BCUT2D eigenvalue weighted by atomic mass is 9.89. The van der Waals surface area contributed by atoms with Gasteiger partial charge in [-0.3, -0.25) is 0 Å². The van der Waals surface area contributed by atoms with Gasteiger partial charge in [0.15, 0.2) is 0 Å². The van der Waals surface area contributed by atoms with Crippen LogP contribution < -0.4 is 16.6 Å². The number of hydrazine groups is 1. The van der Waals surface area contributed by atoms with Crippen molar-refractivity contribution >= 4 is 11.6 Å². The number of hydrogen-bond acceptors (Lipinski definition) is 6. The highest BCUT2D eigenvalue weighted by Gasteiger charge is 2.30. The number of methoxy groups -OCH3 is 1. The third-order valence-electron chi connectivity index (χ3n) is 3.61. The molecule has 98 valence electrons. The molecular formula is C12H19N5O. The Kier molecular flexibility index (Phi) is 3.05. The number of nitrogens with two attached hydrogens (primary N) is 1. The van der Waals surface area contributed by atoms with Crippen LogP contribution in [-0.4, -0.2) is 29.2 Å². The molecule has 2 aliphatic carbocycles. The maximum absolute atomic E-state index is 5.44. The van der Waals surface area contributed by atoms with Gasteiger partial charge in [-0.1, -0.05) is 0 Å². The van der Waals surface area contributed by atoms with E-state index in [0.29, 0.717) is 23.9 Å². The van der Waals surface area contributed by atoms with E-state index < -0.39 is 0 Å². The molecule has 2 aliphatic rings. The highest BCUT2D eigenvalue weighted by atomic mass is 16.5. The van der Waals surface area contributed by atoms with Gasteiger partial charge in [-0.25, -0.2) is 15.8 Å². The van der Waals surface area contributed by atoms with E-state index in [2.05, 4.69) is 20.7 Å². The number of nitrogen functional groups attached to an aromatic ring is 1. The molecule has 0 atom stereocenters. The third-order valence-corrected chi connectivity index (χ3v) is 3.61. The summed E-state index contributed by atoms with van der Waals surface area (Å²) >= 11 is 0. The van der Waals surface area contributed by atoms with Gasteiger partial charge in [0, 0.05) is 25.1 Å². The number of hydrogen-bond donors (Lipinski definition) is 3. The topological polar surface area (TPSA) is 85.1 Å². The molecule has 18 heavy (non-hydrogen) atoms. The average molecular weight is 249 g/mol. The van der Waals surface area contributed by atoms with Crippen molar-refractivity contribution in [3.8, 4) is 0 Å². The van der Waals surface area contributed by atoms with Gasteiger partial charge in [-0.15, -0.1) is 0 Å². The predicted octanol–water partition coefficient (Wildman–Crippen LogP) is 1.23. The van der Waals surface area contributed by atoms with Crippen LogP contribution >= 0.6 is 0 Å². The van der Waals surface area contributed by atoms with E-state index in [1.807, 2.05) is 6.07 Å². The van der Waals surface area contributed by atoms with Crippen LogP contribution in [0.15, 0.2) is 6.07 Å². The largest absolute Gasteiger partial charge is 0.381 e. The SMILES string of the molecule is COC1CC(Nc2cc(NN)nc(C3CC3)n2)C1. The van der Waals surface area contributed by atoms with Crippen molar-refractivity contribution in [1.29, 1.82) is 0 Å². The van der Waals surface area contributed by atoms with Crippen LogP contribution in [0.5, 0.6) is 0 Å². The molecule has 1 aromatic rings. The number of nitrogens with zero attached hydrogens (tertiary/aromatic N) is 2. The summed E-state index contributed by atoms with van der Waals surface area (Å²) in [4.78, 5) is 8.94. The van der Waals surface area contributed by atoms with Gasteiger partial charge in [-0.2, -0.15) is 0 Å². The first kappa shape index (κ1) is 11.7. The fourth-order valence-electron chi connectivity index (χ4n) is 2.22. The van der Waals surface area contributed by atoms with Crippen molar-refractivity contribution in [2.45, 2.75) is 43.7 Å². The number of nitrogens with one attached hydrogen (secondary N) is 2. The van der Waals surface area contributed by atoms with Gasteiger partial charge in [0.25, 0.3) is 0 Å². The average Bonchev–Trinajstić information content (AvgIpc) is 3.17. The van der Waals surface area contributed by atoms with Gasteiger partial charge >= 0.3 is 0 Å². The molecule has 0 aliphatic heterocycles. The molecule has 1 heterocycles. The Labute approximate surface area is 106 Å². The van der Waals surface area contributed by atoms with Crippen LogP contribution in [0, 0.1) is 0 Å². The molecule has 4 N–H and O–H groups in total. The van der Waals surface area contributed by atoms with Crippen LogP contribution in [0.4, 0.5) is 11.6 Å². The zero-order valence-electron chi connectivity index (χ0n) is 10.5. The first-order valence-corrected chi connectivity index (χ1v) is 6.43. The number of ether oxygens (including phenoxy) is 1. The molecule has 0 unspecified atom stereocenters. The van der Waals surface area contributed by atoms with Crippen molar-refractivity contribution in [2.75, 3.05) is 17.9 Å². The second kappa shape index (κ2) is 4.70. The third kappa shape index (κ3) is 2.39. The van der Waals surface area contributed by atoms with Crippen molar-refractivity contribution in [2.24, 2.45) is 5.84 Å². The fourth-order valence-corrected chi connectivity index (χ4v) is 2.22. The van der Waals surface area contributed by atoms with E-state index in [1.54, 1.807) is 7.11 Å². The van der Waals surface area contributed by atoms with E-state index in [0.717, 1.165) is 24.5 Å². The molecule has 0 radical (unpaired) electrons. The molecule has 0 amide bonds. The zero-order chi connectivity index (χ0) is 12.5. The fraction of sp³-hybridized carbons (Fsp3) is 0.667. The molecule has 0 spiro atoms. The summed E-state index contributed by atoms with van der Waals surface area (Å²) in [6, 6.07) is 2.30. The predicted molar refractivity (Wildman–Crippen MR) is 69.3 cm³/mol. The van der Waals surface area contributed by atoms with Crippen LogP contribution in [0.2, 0.25) is 0 Å². The van der Waals surface area contributed by atoms with Crippen molar-refractivity contribution in [1.82, 2.24) is 9.97 Å². The number of aromatic nitrogens is 2. The second-order valence-corrected chi connectivity index (χ2v) is 5.09. The molecule has 6 heteroatoms. The second-order valence-electron chi connectivity index (χ2n) is 5.09. The van der Waals surface area contributed by atoms with Gasteiger partial charge in [0.2, 0.25) is 0 Å². The van der Waals surface area contributed by atoms with Crippen molar-refractivity contribution < 1.29 is 4.74 Å². The zero-order valence-corrected chi connectivity index (χ0v) is 10.5. The normalized spacial score (nSPS) is 26.6. The first-order valence-electron chi connectivity index (χ1n) is 6.43. The molecule has 2 saturated carbocycles. The molecule has 0 aromatic carbocycles. The lowest BCUT2D eigenvalue weighted by Gasteiger charge is -2.35. The summed E-state index contributed by atoms with van der Waals surface area (Å²) in [5.74, 6) is 8.40. The minimum Gasteiger partial charge on any atom is -0.381 e. The monoisotopic (exact) mass is 249 g/mol. The summed E-state index contributed by atoms with van der Waals surface area (Å²) in [7, 11) is 1.76. The number of anilines is 2. The van der Waals surface area contributed by atoms with E-state index in [1.165, 1.54) is 12.8 Å². The lowest BCUT2D eigenvalue weighted by Crippen LogP contribution is -2.40. The van der Waals surface area contributed by atoms with E-state index in [4.69, 9.17) is 10.6 Å². The summed E-state index contributed by atoms with van der Waals surface area (Å²) in [6.45, 7) is 0. The summed E-state index contributed by atoms with van der Waals surface area (Å²) in [5.41, 5.74) is 2.60. The van der Waals surface area contributed by atoms with E-state index in [-0.39, 0.29) is 0 Å². The Morgan fingerprint density at radius 2 is 2.00 bits per heavy atom.